The molecule has 35 heavy (non-hydrogen) atoms. The van der Waals surface area contributed by atoms with Gasteiger partial charge in [-0.05, 0) is 44.0 Å². The zero-order valence-electron chi connectivity index (χ0n) is 20.4. The zero-order valence-corrected chi connectivity index (χ0v) is 21.2. The Morgan fingerprint density at radius 2 is 1.86 bits per heavy atom. The van der Waals surface area contributed by atoms with Crippen molar-refractivity contribution < 1.29 is 9.53 Å². The number of aromatic nitrogens is 4. The van der Waals surface area contributed by atoms with E-state index in [0.29, 0.717) is 34.2 Å². The van der Waals surface area contributed by atoms with Gasteiger partial charge in [0.25, 0.3) is 5.56 Å². The summed E-state index contributed by atoms with van der Waals surface area (Å²) in [6.07, 6.45) is 0.940. The fourth-order valence-electron chi connectivity index (χ4n) is 3.92. The largest absolute Gasteiger partial charge is 0.496 e. The van der Waals surface area contributed by atoms with E-state index in [0.717, 1.165) is 17.7 Å². The quantitative estimate of drug-likeness (QED) is 0.278. The molecular formula is C26H29N5O3S. The van der Waals surface area contributed by atoms with Crippen LogP contribution in [0, 0.1) is 6.92 Å². The molecule has 1 N–H and O–H groups in total. The summed E-state index contributed by atoms with van der Waals surface area (Å²) < 4.78 is 8.77. The number of fused-ring (bicyclic) bond motifs is 1. The topological polar surface area (TPSA) is 91.0 Å². The maximum Gasteiger partial charge on any atom is 0.280 e. The van der Waals surface area contributed by atoms with Crippen molar-refractivity contribution >= 4 is 34.4 Å². The molecule has 182 valence electrons. The normalized spacial score (nSPS) is 11.1. The lowest BCUT2D eigenvalue weighted by Gasteiger charge is -2.14. The average Bonchev–Trinajstić information content (AvgIpc) is 3.20. The first-order chi connectivity index (χ1) is 16.9. The smallest absolute Gasteiger partial charge is 0.280 e. The monoisotopic (exact) mass is 491 g/mol. The lowest BCUT2D eigenvalue weighted by Crippen LogP contribution is -2.26. The first kappa shape index (κ1) is 24.5. The third kappa shape index (κ3) is 5.24. The number of thioether (sulfide) groups is 1. The summed E-state index contributed by atoms with van der Waals surface area (Å²) in [5, 5.41) is 7.86. The van der Waals surface area contributed by atoms with Gasteiger partial charge in [0.05, 0.1) is 25.1 Å². The Labute approximate surface area is 208 Å². The molecule has 0 spiro atoms. The average molecular weight is 492 g/mol. The van der Waals surface area contributed by atoms with Crippen molar-refractivity contribution in [2.24, 2.45) is 0 Å². The summed E-state index contributed by atoms with van der Waals surface area (Å²) in [4.78, 5) is 31.1. The predicted octanol–water partition coefficient (Wildman–Crippen LogP) is 4.27. The van der Waals surface area contributed by atoms with Crippen LogP contribution in [0.25, 0.3) is 11.0 Å². The number of carbonyl (C=O) groups is 1. The third-order valence-electron chi connectivity index (χ3n) is 5.78. The Morgan fingerprint density at radius 1 is 1.11 bits per heavy atom. The van der Waals surface area contributed by atoms with Gasteiger partial charge in [-0.15, -0.1) is 0 Å². The first-order valence-electron chi connectivity index (χ1n) is 11.6. The molecule has 0 aliphatic rings. The molecule has 0 unspecified atom stereocenters. The molecule has 0 bridgehead atoms. The highest BCUT2D eigenvalue weighted by Gasteiger charge is 2.20. The minimum atomic E-state index is -0.193. The number of rotatable bonds is 9. The molecule has 0 saturated heterocycles. The van der Waals surface area contributed by atoms with Gasteiger partial charge >= 0.3 is 0 Å². The number of carbonyl (C=O) groups excluding carboxylic acids is 1. The molecule has 8 nitrogen and oxygen atoms in total. The van der Waals surface area contributed by atoms with Crippen molar-refractivity contribution in [2.45, 2.75) is 45.4 Å². The summed E-state index contributed by atoms with van der Waals surface area (Å²) in [5.74, 6) is 0.627. The number of anilines is 1. The second-order valence-electron chi connectivity index (χ2n) is 8.08. The zero-order chi connectivity index (χ0) is 24.9. The molecule has 2 aromatic carbocycles. The number of hydrogen-bond acceptors (Lipinski definition) is 6. The van der Waals surface area contributed by atoms with Crippen LogP contribution in [0.15, 0.2) is 58.5 Å². The molecule has 0 aliphatic heterocycles. The molecule has 0 atom stereocenters. The lowest BCUT2D eigenvalue weighted by atomic mass is 10.1. The van der Waals surface area contributed by atoms with Crippen LogP contribution in [-0.4, -0.2) is 38.1 Å². The number of aryl methyl sites for hydroxylation is 3. The van der Waals surface area contributed by atoms with Crippen LogP contribution in [0.3, 0.4) is 0 Å². The van der Waals surface area contributed by atoms with Crippen molar-refractivity contribution in [3.05, 3.63) is 75.7 Å². The van der Waals surface area contributed by atoms with E-state index in [1.165, 1.54) is 17.3 Å². The van der Waals surface area contributed by atoms with Crippen LogP contribution in [0.4, 0.5) is 5.69 Å². The standard InChI is InChI=1S/C26H29N5O3S/c1-5-18-11-13-20(14-12-18)27-22(32)16-35-26-28-23-17(3)29-31(6-2)24(23)25(33)30(26)15-19-9-7-8-10-21(19)34-4/h7-14H,5-6,15-16H2,1-4H3,(H,27,32). The second kappa shape index (κ2) is 10.8. The number of benzene rings is 2. The van der Waals surface area contributed by atoms with E-state index in [-0.39, 0.29) is 23.8 Å². The van der Waals surface area contributed by atoms with E-state index >= 15 is 0 Å². The first-order valence-corrected chi connectivity index (χ1v) is 12.5. The van der Waals surface area contributed by atoms with Gasteiger partial charge in [-0.3, -0.25) is 18.8 Å². The van der Waals surface area contributed by atoms with Crippen molar-refractivity contribution in [3.8, 4) is 5.75 Å². The molecule has 1 amide bonds. The van der Waals surface area contributed by atoms with E-state index < -0.39 is 0 Å². The van der Waals surface area contributed by atoms with Crippen LogP contribution in [0.5, 0.6) is 5.75 Å². The SMILES string of the molecule is CCc1ccc(NC(=O)CSc2nc3c(C)nn(CC)c3c(=O)n2Cc2ccccc2OC)cc1. The van der Waals surface area contributed by atoms with E-state index in [2.05, 4.69) is 17.3 Å². The molecule has 4 aromatic rings. The van der Waals surface area contributed by atoms with Gasteiger partial charge in [-0.2, -0.15) is 5.10 Å². The Hall–Kier alpha value is -3.59. The second-order valence-corrected chi connectivity index (χ2v) is 9.03. The maximum atomic E-state index is 13.6. The summed E-state index contributed by atoms with van der Waals surface area (Å²) in [7, 11) is 1.60. The van der Waals surface area contributed by atoms with Crippen LogP contribution >= 0.6 is 11.8 Å². The fraction of sp³-hybridized carbons (Fsp3) is 0.308. The molecular weight excluding hydrogens is 462 g/mol. The van der Waals surface area contributed by atoms with Crippen molar-refractivity contribution in [2.75, 3.05) is 18.2 Å². The summed E-state index contributed by atoms with van der Waals surface area (Å²) in [6, 6.07) is 15.3. The Morgan fingerprint density at radius 3 is 2.54 bits per heavy atom. The minimum Gasteiger partial charge on any atom is -0.496 e. The van der Waals surface area contributed by atoms with E-state index in [1.807, 2.05) is 62.4 Å². The molecule has 0 radical (unpaired) electrons. The van der Waals surface area contributed by atoms with E-state index in [9.17, 15) is 9.59 Å². The van der Waals surface area contributed by atoms with Crippen molar-refractivity contribution in [3.63, 3.8) is 0 Å². The number of ether oxygens (including phenoxy) is 1. The van der Waals surface area contributed by atoms with Gasteiger partial charge in [0.1, 0.15) is 11.3 Å². The van der Waals surface area contributed by atoms with Gasteiger partial charge in [0.2, 0.25) is 5.91 Å². The Balaban J connectivity index is 1.67. The number of nitrogens with zero attached hydrogens (tertiary/aromatic N) is 4. The van der Waals surface area contributed by atoms with Gasteiger partial charge in [0.15, 0.2) is 10.7 Å². The summed E-state index contributed by atoms with van der Waals surface area (Å²) in [6.45, 7) is 6.69. The molecule has 2 heterocycles. The van der Waals surface area contributed by atoms with Crippen LogP contribution < -0.4 is 15.6 Å². The summed E-state index contributed by atoms with van der Waals surface area (Å²) in [5.41, 5.74) is 4.31. The molecule has 9 heteroatoms. The van der Waals surface area contributed by atoms with Gasteiger partial charge < -0.3 is 10.1 Å². The minimum absolute atomic E-state index is 0.111. The number of para-hydroxylation sites is 1. The maximum absolute atomic E-state index is 13.6. The van der Waals surface area contributed by atoms with Crippen molar-refractivity contribution in [1.29, 1.82) is 0 Å². The van der Waals surface area contributed by atoms with Crippen molar-refractivity contribution in [1.82, 2.24) is 19.3 Å². The molecule has 0 fully saturated rings. The highest BCUT2D eigenvalue weighted by atomic mass is 32.2. The highest BCUT2D eigenvalue weighted by Crippen LogP contribution is 2.24. The van der Waals surface area contributed by atoms with Gasteiger partial charge in [-0.1, -0.05) is 49.0 Å². The summed E-state index contributed by atoms with van der Waals surface area (Å²) >= 11 is 1.23. The molecule has 4 rings (SSSR count). The lowest BCUT2D eigenvalue weighted by molar-refractivity contribution is -0.113. The molecule has 0 aliphatic carbocycles. The van der Waals surface area contributed by atoms with Crippen LogP contribution in [0.2, 0.25) is 0 Å². The highest BCUT2D eigenvalue weighted by molar-refractivity contribution is 7.99. The number of amides is 1. The van der Waals surface area contributed by atoms with E-state index in [1.54, 1.807) is 16.4 Å². The van der Waals surface area contributed by atoms with E-state index in [4.69, 9.17) is 9.72 Å². The van der Waals surface area contributed by atoms with Crippen LogP contribution in [-0.2, 0) is 24.3 Å². The third-order valence-corrected chi connectivity index (χ3v) is 6.76. The number of nitrogens with one attached hydrogen (secondary N) is 1. The number of methoxy groups -OCH3 is 1. The predicted molar refractivity (Wildman–Crippen MR) is 139 cm³/mol. The molecule has 2 aromatic heterocycles. The molecule has 0 saturated carbocycles. The van der Waals surface area contributed by atoms with Gasteiger partial charge in [0, 0.05) is 17.8 Å². The Kier molecular flexibility index (Phi) is 7.55. The number of hydrogen-bond donors (Lipinski definition) is 1. The Bertz CT molecular complexity index is 1410. The van der Waals surface area contributed by atoms with Gasteiger partial charge in [-0.25, -0.2) is 4.98 Å². The van der Waals surface area contributed by atoms with Crippen LogP contribution in [0.1, 0.15) is 30.7 Å². The fourth-order valence-corrected chi connectivity index (χ4v) is 4.71.